The van der Waals surface area contributed by atoms with Crippen LogP contribution in [0.5, 0.6) is 0 Å². The maximum Gasteiger partial charge on any atom is 0.255 e. The number of aryl methyl sites for hydroxylation is 2. The molecule has 0 heterocycles. The van der Waals surface area contributed by atoms with Gasteiger partial charge in [0.25, 0.3) is 5.91 Å². The van der Waals surface area contributed by atoms with Crippen molar-refractivity contribution in [3.05, 3.63) is 57.6 Å². The van der Waals surface area contributed by atoms with Gasteiger partial charge in [0.2, 0.25) is 0 Å². The van der Waals surface area contributed by atoms with E-state index in [4.69, 9.17) is 5.73 Å². The van der Waals surface area contributed by atoms with E-state index >= 15 is 0 Å². The van der Waals surface area contributed by atoms with Gasteiger partial charge in [0, 0.05) is 15.7 Å². The smallest absolute Gasteiger partial charge is 0.255 e. The Morgan fingerprint density at radius 2 is 1.90 bits per heavy atom. The van der Waals surface area contributed by atoms with E-state index in [0.717, 1.165) is 23.0 Å². The van der Waals surface area contributed by atoms with Crippen LogP contribution >= 0.6 is 15.9 Å². The molecule has 0 atom stereocenters. The maximum atomic E-state index is 12.3. The topological polar surface area (TPSA) is 55.1 Å². The number of carbonyl (C=O) groups excluding carboxylic acids is 1. The van der Waals surface area contributed by atoms with Gasteiger partial charge in [-0.05, 0) is 76.7 Å². The number of halogens is 1. The minimum absolute atomic E-state index is 0.0924. The highest BCUT2D eigenvalue weighted by molar-refractivity contribution is 9.10. The molecule has 0 fully saturated rings. The first-order valence-corrected chi connectivity index (χ1v) is 7.41. The molecule has 0 aromatic heterocycles. The Bertz CT molecular complexity index is 682. The zero-order chi connectivity index (χ0) is 14.1. The van der Waals surface area contributed by atoms with E-state index in [0.29, 0.717) is 11.3 Å². The van der Waals surface area contributed by atoms with Crippen LogP contribution in [0.15, 0.2) is 40.9 Å². The second kappa shape index (κ2) is 5.29. The Balaban J connectivity index is 1.82. The summed E-state index contributed by atoms with van der Waals surface area (Å²) in [6, 6.07) is 11.3. The third kappa shape index (κ3) is 2.56. The van der Waals surface area contributed by atoms with Crippen LogP contribution in [-0.2, 0) is 12.8 Å². The fraction of sp³-hybridized carbons (Fsp3) is 0.188. The molecule has 20 heavy (non-hydrogen) atoms. The minimum Gasteiger partial charge on any atom is -0.399 e. The molecule has 4 heteroatoms. The normalized spacial score (nSPS) is 13.1. The van der Waals surface area contributed by atoms with Crippen molar-refractivity contribution in [3.63, 3.8) is 0 Å². The summed E-state index contributed by atoms with van der Waals surface area (Å²) in [5.74, 6) is -0.0924. The molecule has 3 nitrogen and oxygen atoms in total. The number of fused-ring (bicyclic) bond motifs is 1. The first-order valence-electron chi connectivity index (χ1n) is 6.61. The quantitative estimate of drug-likeness (QED) is 0.823. The van der Waals surface area contributed by atoms with E-state index in [1.807, 2.05) is 12.1 Å². The van der Waals surface area contributed by atoms with E-state index in [1.54, 1.807) is 18.2 Å². The van der Waals surface area contributed by atoms with E-state index in [9.17, 15) is 4.79 Å². The van der Waals surface area contributed by atoms with Crippen LogP contribution in [0.3, 0.4) is 0 Å². The van der Waals surface area contributed by atoms with Crippen LogP contribution in [0.1, 0.15) is 27.9 Å². The van der Waals surface area contributed by atoms with Crippen molar-refractivity contribution >= 4 is 33.2 Å². The molecule has 0 radical (unpaired) electrons. The lowest BCUT2D eigenvalue weighted by molar-refractivity contribution is 0.102. The summed E-state index contributed by atoms with van der Waals surface area (Å²) in [7, 11) is 0. The summed E-state index contributed by atoms with van der Waals surface area (Å²) in [5.41, 5.74) is 10.4. The zero-order valence-corrected chi connectivity index (χ0v) is 12.5. The van der Waals surface area contributed by atoms with Crippen molar-refractivity contribution in [2.45, 2.75) is 19.3 Å². The monoisotopic (exact) mass is 330 g/mol. The number of hydrogen-bond acceptors (Lipinski definition) is 2. The lowest BCUT2D eigenvalue weighted by Crippen LogP contribution is -2.12. The van der Waals surface area contributed by atoms with Crippen molar-refractivity contribution in [1.82, 2.24) is 0 Å². The molecule has 1 aliphatic carbocycles. The van der Waals surface area contributed by atoms with Crippen molar-refractivity contribution < 1.29 is 4.79 Å². The number of rotatable bonds is 2. The first-order chi connectivity index (χ1) is 9.63. The van der Waals surface area contributed by atoms with Crippen LogP contribution in [0.2, 0.25) is 0 Å². The molecule has 1 amide bonds. The van der Waals surface area contributed by atoms with Gasteiger partial charge in [-0.2, -0.15) is 0 Å². The number of nitrogens with two attached hydrogens (primary N) is 1. The molecule has 102 valence electrons. The van der Waals surface area contributed by atoms with E-state index in [2.05, 4.69) is 27.3 Å². The second-order valence-corrected chi connectivity index (χ2v) is 5.88. The van der Waals surface area contributed by atoms with Crippen LogP contribution in [0.4, 0.5) is 11.4 Å². The molecule has 2 aromatic carbocycles. The van der Waals surface area contributed by atoms with Gasteiger partial charge < -0.3 is 11.1 Å². The summed E-state index contributed by atoms with van der Waals surface area (Å²) in [6.07, 6.45) is 3.38. The summed E-state index contributed by atoms with van der Waals surface area (Å²) < 4.78 is 0.784. The Hall–Kier alpha value is -1.81. The highest BCUT2D eigenvalue weighted by Crippen LogP contribution is 2.26. The largest absolute Gasteiger partial charge is 0.399 e. The molecule has 0 aliphatic heterocycles. The van der Waals surface area contributed by atoms with Crippen molar-refractivity contribution in [3.8, 4) is 0 Å². The average Bonchev–Trinajstić information content (AvgIpc) is 2.89. The molecule has 0 unspecified atom stereocenters. The molecule has 2 aromatic rings. The Morgan fingerprint density at radius 1 is 1.10 bits per heavy atom. The van der Waals surface area contributed by atoms with Gasteiger partial charge in [-0.1, -0.05) is 6.07 Å². The Kier molecular flexibility index (Phi) is 3.49. The number of hydrogen-bond donors (Lipinski definition) is 2. The SMILES string of the molecule is Nc1ccc(NC(=O)c2ccc3c(c2)CCC3)c(Br)c1. The lowest BCUT2D eigenvalue weighted by Gasteiger charge is -2.09. The van der Waals surface area contributed by atoms with E-state index < -0.39 is 0 Å². The molecule has 3 N–H and O–H groups in total. The number of benzene rings is 2. The van der Waals surface area contributed by atoms with Crippen LogP contribution in [0.25, 0.3) is 0 Å². The fourth-order valence-electron chi connectivity index (χ4n) is 2.54. The third-order valence-electron chi connectivity index (χ3n) is 3.60. The van der Waals surface area contributed by atoms with Gasteiger partial charge in [0.1, 0.15) is 0 Å². The first kappa shape index (κ1) is 13.2. The molecule has 1 aliphatic rings. The van der Waals surface area contributed by atoms with Crippen LogP contribution < -0.4 is 11.1 Å². The maximum absolute atomic E-state index is 12.3. The van der Waals surface area contributed by atoms with Crippen molar-refractivity contribution in [1.29, 1.82) is 0 Å². The number of nitrogens with one attached hydrogen (secondary N) is 1. The molecular weight excluding hydrogens is 316 g/mol. The molecular formula is C16H15BrN2O. The van der Waals surface area contributed by atoms with Gasteiger partial charge >= 0.3 is 0 Å². The van der Waals surface area contributed by atoms with Gasteiger partial charge in [0.05, 0.1) is 5.69 Å². The summed E-state index contributed by atoms with van der Waals surface area (Å²) in [6.45, 7) is 0. The standard InChI is InChI=1S/C16H15BrN2O/c17-14-9-13(18)6-7-15(14)19-16(20)12-5-4-10-2-1-3-11(10)8-12/h4-9H,1-3,18H2,(H,19,20). The highest BCUT2D eigenvalue weighted by atomic mass is 79.9. The number of anilines is 2. The minimum atomic E-state index is -0.0924. The second-order valence-electron chi connectivity index (χ2n) is 5.03. The van der Waals surface area contributed by atoms with Crippen LogP contribution in [-0.4, -0.2) is 5.91 Å². The number of nitrogen functional groups attached to an aromatic ring is 1. The predicted molar refractivity (Wildman–Crippen MR) is 85.0 cm³/mol. The molecule has 0 bridgehead atoms. The molecule has 0 saturated carbocycles. The van der Waals surface area contributed by atoms with Gasteiger partial charge in [-0.25, -0.2) is 0 Å². The third-order valence-corrected chi connectivity index (χ3v) is 4.26. The Labute approximate surface area is 126 Å². The van der Waals surface area contributed by atoms with E-state index in [1.165, 1.54) is 17.5 Å². The Morgan fingerprint density at radius 3 is 2.70 bits per heavy atom. The molecule has 0 saturated heterocycles. The highest BCUT2D eigenvalue weighted by Gasteiger charge is 2.14. The number of amides is 1. The van der Waals surface area contributed by atoms with Crippen molar-refractivity contribution in [2.75, 3.05) is 11.1 Å². The van der Waals surface area contributed by atoms with Gasteiger partial charge in [-0.3, -0.25) is 4.79 Å². The summed E-state index contributed by atoms with van der Waals surface area (Å²) in [4.78, 5) is 12.3. The predicted octanol–water partition coefficient (Wildman–Crippen LogP) is 3.77. The zero-order valence-electron chi connectivity index (χ0n) is 10.9. The summed E-state index contributed by atoms with van der Waals surface area (Å²) in [5, 5.41) is 2.90. The van der Waals surface area contributed by atoms with E-state index in [-0.39, 0.29) is 5.91 Å². The van der Waals surface area contributed by atoms with Gasteiger partial charge in [-0.15, -0.1) is 0 Å². The summed E-state index contributed by atoms with van der Waals surface area (Å²) >= 11 is 3.40. The lowest BCUT2D eigenvalue weighted by atomic mass is 10.1. The van der Waals surface area contributed by atoms with Crippen LogP contribution in [0, 0.1) is 0 Å². The van der Waals surface area contributed by atoms with Crippen molar-refractivity contribution in [2.24, 2.45) is 0 Å². The fourth-order valence-corrected chi connectivity index (χ4v) is 3.04. The van der Waals surface area contributed by atoms with Gasteiger partial charge in [0.15, 0.2) is 0 Å². The molecule has 0 spiro atoms. The number of carbonyl (C=O) groups is 1. The molecule has 3 rings (SSSR count). The average molecular weight is 331 g/mol.